The van der Waals surface area contributed by atoms with Gasteiger partial charge in [0.05, 0.1) is 6.61 Å². The summed E-state index contributed by atoms with van der Waals surface area (Å²) < 4.78 is 0. The van der Waals surface area contributed by atoms with Crippen molar-refractivity contribution in [2.75, 3.05) is 6.61 Å². The van der Waals surface area contributed by atoms with Gasteiger partial charge in [-0.25, -0.2) is 4.79 Å². The Morgan fingerprint density at radius 2 is 1.36 bits per heavy atom. The fourth-order valence-corrected chi connectivity index (χ4v) is 2.33. The van der Waals surface area contributed by atoms with Crippen molar-refractivity contribution >= 4 is 11.9 Å². The van der Waals surface area contributed by atoms with Gasteiger partial charge in [0.2, 0.25) is 5.91 Å². The molecule has 0 saturated heterocycles. The second-order valence-electron chi connectivity index (χ2n) is 6.43. The van der Waals surface area contributed by atoms with Crippen LogP contribution in [0.4, 0.5) is 0 Å². The number of hydrogen-bond donors (Lipinski definition) is 3. The Morgan fingerprint density at radius 1 is 0.821 bits per heavy atom. The number of carbonyl (C=O) groups excluding carboxylic acids is 1. The molecule has 0 aromatic carbocycles. The summed E-state index contributed by atoms with van der Waals surface area (Å²) in [6, 6.07) is -1.29. The van der Waals surface area contributed by atoms with Crippen molar-refractivity contribution in [1.29, 1.82) is 0 Å². The third-order valence-corrected chi connectivity index (χ3v) is 3.93. The van der Waals surface area contributed by atoms with Gasteiger partial charge in [-0.3, -0.25) is 4.79 Å². The summed E-state index contributed by atoms with van der Waals surface area (Å²) >= 11 is 0. The van der Waals surface area contributed by atoms with Crippen LogP contribution < -0.4 is 5.32 Å². The topological polar surface area (TPSA) is 86.6 Å². The molecule has 5 nitrogen and oxygen atoms in total. The highest BCUT2D eigenvalue weighted by atomic mass is 16.4. The molecule has 1 atom stereocenters. The molecule has 0 fully saturated rings. The molecule has 0 aromatic heterocycles. The molecule has 0 unspecified atom stereocenters. The Kier molecular flexibility index (Phi) is 17.7. The maximum absolute atomic E-state index is 11.4. The van der Waals surface area contributed by atoms with Crippen LogP contribution in [0, 0.1) is 0 Å². The lowest BCUT2D eigenvalue weighted by atomic mass is 10.1. The van der Waals surface area contributed by atoms with Crippen LogP contribution in [0.15, 0.2) is 60.8 Å². The largest absolute Gasteiger partial charge is 0.480 e. The van der Waals surface area contributed by atoms with Gasteiger partial charge in [0.1, 0.15) is 0 Å². The molecule has 0 aliphatic rings. The van der Waals surface area contributed by atoms with E-state index in [4.69, 9.17) is 10.2 Å². The van der Waals surface area contributed by atoms with Gasteiger partial charge >= 0.3 is 5.97 Å². The molecule has 0 aliphatic heterocycles. The number of nitrogens with one attached hydrogen (secondary N) is 1. The highest BCUT2D eigenvalue weighted by Crippen LogP contribution is 2.08. The van der Waals surface area contributed by atoms with Crippen LogP contribution in [-0.4, -0.2) is 34.7 Å². The van der Waals surface area contributed by atoms with E-state index in [1.165, 1.54) is 57.1 Å². The molecule has 5 heteroatoms. The SMILES string of the molecule is CCCCCCCCC/C=C/C=C/C=C/C=C/C=C/C(=O)N[C@H](CO)C(=O)O. The molecule has 1 amide bonds. The minimum Gasteiger partial charge on any atom is -0.480 e. The Bertz CT molecular complexity index is 559. The Balaban J connectivity index is 3.81. The van der Waals surface area contributed by atoms with Gasteiger partial charge in [0.25, 0.3) is 0 Å². The normalized spacial score (nSPS) is 13.5. The molecule has 0 saturated carbocycles. The van der Waals surface area contributed by atoms with Crippen molar-refractivity contribution in [2.24, 2.45) is 0 Å². The fourth-order valence-electron chi connectivity index (χ4n) is 2.33. The summed E-state index contributed by atoms with van der Waals surface area (Å²) in [5.74, 6) is -1.84. The van der Waals surface area contributed by atoms with Crippen LogP contribution in [0.3, 0.4) is 0 Å². The number of aliphatic hydroxyl groups excluding tert-OH is 1. The molecule has 28 heavy (non-hydrogen) atoms. The zero-order valence-electron chi connectivity index (χ0n) is 16.9. The van der Waals surface area contributed by atoms with Gasteiger partial charge in [-0.2, -0.15) is 0 Å². The molecule has 156 valence electrons. The average molecular weight is 390 g/mol. The van der Waals surface area contributed by atoms with E-state index in [0.29, 0.717) is 0 Å². The molecule has 0 spiro atoms. The summed E-state index contributed by atoms with van der Waals surface area (Å²) in [5, 5.41) is 19.7. The quantitative estimate of drug-likeness (QED) is 0.206. The molecule has 0 radical (unpaired) electrons. The first kappa shape index (κ1) is 25.6. The van der Waals surface area contributed by atoms with Gasteiger partial charge in [-0.05, 0) is 12.8 Å². The van der Waals surface area contributed by atoms with E-state index in [1.54, 1.807) is 12.2 Å². The lowest BCUT2D eigenvalue weighted by molar-refractivity contribution is -0.142. The van der Waals surface area contributed by atoms with Gasteiger partial charge < -0.3 is 15.5 Å². The molecular formula is C23H35NO4. The van der Waals surface area contributed by atoms with Crippen LogP contribution >= 0.6 is 0 Å². The summed E-state index contributed by atoms with van der Waals surface area (Å²) in [7, 11) is 0. The van der Waals surface area contributed by atoms with Crippen molar-refractivity contribution in [3.05, 3.63) is 60.8 Å². The van der Waals surface area contributed by atoms with Crippen molar-refractivity contribution in [1.82, 2.24) is 5.32 Å². The monoisotopic (exact) mass is 389 g/mol. The first-order valence-corrected chi connectivity index (χ1v) is 10.1. The van der Waals surface area contributed by atoms with E-state index in [-0.39, 0.29) is 0 Å². The number of amides is 1. The highest BCUT2D eigenvalue weighted by Gasteiger charge is 2.16. The molecule has 0 aliphatic carbocycles. The van der Waals surface area contributed by atoms with Crippen LogP contribution in [-0.2, 0) is 9.59 Å². The molecular weight excluding hydrogens is 354 g/mol. The van der Waals surface area contributed by atoms with Gasteiger partial charge in [0.15, 0.2) is 6.04 Å². The average Bonchev–Trinajstić information content (AvgIpc) is 2.68. The number of carbonyl (C=O) groups is 2. The van der Waals surface area contributed by atoms with E-state index < -0.39 is 24.5 Å². The summed E-state index contributed by atoms with van der Waals surface area (Å²) in [6.45, 7) is 1.59. The van der Waals surface area contributed by atoms with E-state index in [0.717, 1.165) is 6.42 Å². The van der Waals surface area contributed by atoms with E-state index in [1.807, 2.05) is 24.3 Å². The smallest absolute Gasteiger partial charge is 0.328 e. The molecule has 0 rings (SSSR count). The second kappa shape index (κ2) is 19.4. The van der Waals surface area contributed by atoms with Gasteiger partial charge in [0, 0.05) is 6.08 Å². The van der Waals surface area contributed by atoms with Gasteiger partial charge in [-0.15, -0.1) is 0 Å². The number of unbranched alkanes of at least 4 members (excludes halogenated alkanes) is 7. The van der Waals surface area contributed by atoms with Gasteiger partial charge in [-0.1, -0.05) is 100 Å². The highest BCUT2D eigenvalue weighted by molar-refractivity contribution is 5.91. The van der Waals surface area contributed by atoms with Crippen LogP contribution in [0.2, 0.25) is 0 Å². The maximum atomic E-state index is 11.4. The first-order valence-electron chi connectivity index (χ1n) is 10.1. The third-order valence-electron chi connectivity index (χ3n) is 3.93. The number of hydrogen-bond acceptors (Lipinski definition) is 3. The standard InChI is InChI=1S/C23H35NO4/c1-2-3-4-5-6-7-8-9-10-11-12-13-14-15-16-17-18-19-22(26)24-21(20-25)23(27)28/h10-19,21,25H,2-9,20H2,1H3,(H,24,26)(H,27,28)/b11-10+,13-12+,15-14+,17-16+,19-18+/t21-/m1/s1. The lowest BCUT2D eigenvalue weighted by Crippen LogP contribution is -2.42. The Hall–Kier alpha value is -2.40. The zero-order chi connectivity index (χ0) is 20.9. The molecule has 0 heterocycles. The predicted octanol–water partition coefficient (Wildman–Crippen LogP) is 4.47. The minimum absolute atomic E-state index is 0.568. The Labute approximate surface area is 169 Å². The number of carboxylic acids is 1. The van der Waals surface area contributed by atoms with Crippen molar-refractivity contribution in [2.45, 2.75) is 64.3 Å². The molecule has 3 N–H and O–H groups in total. The Morgan fingerprint density at radius 3 is 1.93 bits per heavy atom. The van der Waals surface area contributed by atoms with E-state index in [2.05, 4.69) is 24.4 Å². The summed E-state index contributed by atoms with van der Waals surface area (Å²) in [5.41, 5.74) is 0. The van der Waals surface area contributed by atoms with Crippen molar-refractivity contribution in [3.8, 4) is 0 Å². The van der Waals surface area contributed by atoms with Crippen LogP contribution in [0.5, 0.6) is 0 Å². The number of carboxylic acid groups (broad SMARTS) is 1. The molecule has 0 aromatic rings. The summed E-state index contributed by atoms with van der Waals surface area (Å²) in [6.07, 6.45) is 28.4. The number of allylic oxidation sites excluding steroid dienone is 9. The second-order valence-corrected chi connectivity index (χ2v) is 6.43. The van der Waals surface area contributed by atoms with E-state index >= 15 is 0 Å². The third kappa shape index (κ3) is 17.0. The zero-order valence-corrected chi connectivity index (χ0v) is 16.9. The van der Waals surface area contributed by atoms with Crippen molar-refractivity contribution in [3.63, 3.8) is 0 Å². The lowest BCUT2D eigenvalue weighted by Gasteiger charge is -2.08. The number of aliphatic hydroxyl groups is 1. The minimum atomic E-state index is -1.29. The maximum Gasteiger partial charge on any atom is 0.328 e. The molecule has 0 bridgehead atoms. The predicted molar refractivity (Wildman–Crippen MR) is 115 cm³/mol. The first-order chi connectivity index (χ1) is 13.6. The van der Waals surface area contributed by atoms with E-state index in [9.17, 15) is 9.59 Å². The number of rotatable bonds is 16. The summed E-state index contributed by atoms with van der Waals surface area (Å²) in [4.78, 5) is 22.1. The van der Waals surface area contributed by atoms with Crippen LogP contribution in [0.1, 0.15) is 58.3 Å². The fraction of sp³-hybridized carbons (Fsp3) is 0.478. The van der Waals surface area contributed by atoms with Crippen molar-refractivity contribution < 1.29 is 19.8 Å². The van der Waals surface area contributed by atoms with Crippen LogP contribution in [0.25, 0.3) is 0 Å². The number of aliphatic carboxylic acids is 1.